The Morgan fingerprint density at radius 3 is 2.64 bits per heavy atom. The highest BCUT2D eigenvalue weighted by Crippen LogP contribution is 2.27. The van der Waals surface area contributed by atoms with Crippen LogP contribution in [0.25, 0.3) is 0 Å². The van der Waals surface area contributed by atoms with Crippen LogP contribution in [0.1, 0.15) is 46.6 Å². The van der Waals surface area contributed by atoms with Crippen LogP contribution in [0.3, 0.4) is 0 Å². The van der Waals surface area contributed by atoms with E-state index in [1.165, 1.54) is 19.3 Å². The fourth-order valence-corrected chi connectivity index (χ4v) is 3.47. The van der Waals surface area contributed by atoms with Crippen LogP contribution in [-0.2, 0) is 6.54 Å². The summed E-state index contributed by atoms with van der Waals surface area (Å²) in [7, 11) is 1.78. The number of carbonyl (C=O) groups is 1. The lowest BCUT2D eigenvalue weighted by Gasteiger charge is -2.29. The lowest BCUT2D eigenvalue weighted by Crippen LogP contribution is -2.30. The zero-order valence-electron chi connectivity index (χ0n) is 15.0. The van der Waals surface area contributed by atoms with Crippen molar-refractivity contribution >= 4 is 23.2 Å². The topological polar surface area (TPSA) is 49.6 Å². The standard InChI is InChI=1S/C19H24ClN3O2/c1-13-17(14(2)25-21-13)12-22(3)19(24)16-11-15(7-8-18(16)20)23-9-5-4-6-10-23/h7-8,11H,4-6,9-10,12H2,1-3H3. The first kappa shape index (κ1) is 17.8. The van der Waals surface area contributed by atoms with Gasteiger partial charge in [0.25, 0.3) is 5.91 Å². The fourth-order valence-electron chi connectivity index (χ4n) is 3.27. The van der Waals surface area contributed by atoms with Crippen molar-refractivity contribution in [2.45, 2.75) is 39.7 Å². The van der Waals surface area contributed by atoms with Crippen molar-refractivity contribution in [3.8, 4) is 0 Å². The highest BCUT2D eigenvalue weighted by Gasteiger charge is 2.20. The summed E-state index contributed by atoms with van der Waals surface area (Å²) in [5.41, 5.74) is 3.36. The molecule has 1 aromatic carbocycles. The zero-order chi connectivity index (χ0) is 18.0. The summed E-state index contributed by atoms with van der Waals surface area (Å²) in [6.45, 7) is 6.25. The Hall–Kier alpha value is -2.01. The van der Waals surface area contributed by atoms with E-state index < -0.39 is 0 Å². The smallest absolute Gasteiger partial charge is 0.255 e. The van der Waals surface area contributed by atoms with Gasteiger partial charge >= 0.3 is 0 Å². The Morgan fingerprint density at radius 2 is 2.00 bits per heavy atom. The predicted octanol–water partition coefficient (Wildman–Crippen LogP) is 4.21. The van der Waals surface area contributed by atoms with Crippen LogP contribution < -0.4 is 4.90 Å². The van der Waals surface area contributed by atoms with Crippen LogP contribution in [0.2, 0.25) is 5.02 Å². The molecule has 1 aliphatic heterocycles. The maximum Gasteiger partial charge on any atom is 0.255 e. The third-order valence-corrected chi connectivity index (χ3v) is 5.15. The largest absolute Gasteiger partial charge is 0.372 e. The fraction of sp³-hybridized carbons (Fsp3) is 0.474. The van der Waals surface area contributed by atoms with Gasteiger partial charge in [-0.15, -0.1) is 0 Å². The number of hydrogen-bond donors (Lipinski definition) is 0. The molecular weight excluding hydrogens is 338 g/mol. The third-order valence-electron chi connectivity index (χ3n) is 4.82. The summed E-state index contributed by atoms with van der Waals surface area (Å²) < 4.78 is 5.18. The lowest BCUT2D eigenvalue weighted by molar-refractivity contribution is 0.0784. The van der Waals surface area contributed by atoms with Gasteiger partial charge < -0.3 is 14.3 Å². The Balaban J connectivity index is 1.80. The molecule has 1 fully saturated rings. The summed E-state index contributed by atoms with van der Waals surface area (Å²) in [6.07, 6.45) is 3.66. The van der Waals surface area contributed by atoms with Crippen molar-refractivity contribution in [3.63, 3.8) is 0 Å². The molecule has 5 nitrogen and oxygen atoms in total. The molecule has 3 rings (SSSR count). The van der Waals surface area contributed by atoms with Gasteiger partial charge in [0.2, 0.25) is 0 Å². The van der Waals surface area contributed by atoms with Gasteiger partial charge in [-0.25, -0.2) is 0 Å². The quantitative estimate of drug-likeness (QED) is 0.818. The first-order chi connectivity index (χ1) is 12.0. The molecule has 0 saturated carbocycles. The number of amides is 1. The van der Waals surface area contributed by atoms with Crippen molar-refractivity contribution in [1.82, 2.24) is 10.1 Å². The van der Waals surface area contributed by atoms with Crippen LogP contribution in [0, 0.1) is 13.8 Å². The number of nitrogens with zero attached hydrogens (tertiary/aromatic N) is 3. The number of halogens is 1. The average Bonchev–Trinajstić information content (AvgIpc) is 2.94. The molecule has 0 bridgehead atoms. The molecule has 134 valence electrons. The highest BCUT2D eigenvalue weighted by molar-refractivity contribution is 6.34. The van der Waals surface area contributed by atoms with E-state index >= 15 is 0 Å². The molecule has 0 unspecified atom stereocenters. The van der Waals surface area contributed by atoms with Gasteiger partial charge in [-0.05, 0) is 51.3 Å². The maximum atomic E-state index is 12.9. The summed E-state index contributed by atoms with van der Waals surface area (Å²) in [6, 6.07) is 5.74. The molecule has 6 heteroatoms. The Bertz CT molecular complexity index is 747. The monoisotopic (exact) mass is 361 g/mol. The third kappa shape index (κ3) is 3.82. The van der Waals surface area contributed by atoms with Crippen molar-refractivity contribution in [2.75, 3.05) is 25.0 Å². The Kier molecular flexibility index (Phi) is 5.33. The van der Waals surface area contributed by atoms with Crippen LogP contribution in [-0.4, -0.2) is 36.1 Å². The summed E-state index contributed by atoms with van der Waals surface area (Å²) in [5, 5.41) is 4.43. The second-order valence-corrected chi connectivity index (χ2v) is 7.08. The summed E-state index contributed by atoms with van der Waals surface area (Å²) >= 11 is 6.32. The lowest BCUT2D eigenvalue weighted by atomic mass is 10.1. The van der Waals surface area contributed by atoms with E-state index in [4.69, 9.17) is 16.1 Å². The Labute approximate surface area is 153 Å². The molecule has 0 radical (unpaired) electrons. The molecule has 0 spiro atoms. The maximum absolute atomic E-state index is 12.9. The van der Waals surface area contributed by atoms with Gasteiger partial charge in [0.15, 0.2) is 0 Å². The number of anilines is 1. The Morgan fingerprint density at radius 1 is 1.28 bits per heavy atom. The van der Waals surface area contributed by atoms with Crippen LogP contribution >= 0.6 is 11.6 Å². The minimum absolute atomic E-state index is 0.0936. The molecule has 1 saturated heterocycles. The van der Waals surface area contributed by atoms with Gasteiger partial charge in [-0.3, -0.25) is 4.79 Å². The van der Waals surface area contributed by atoms with E-state index in [0.29, 0.717) is 17.1 Å². The number of carbonyl (C=O) groups excluding carboxylic acids is 1. The second kappa shape index (κ2) is 7.48. The summed E-state index contributed by atoms with van der Waals surface area (Å²) in [5.74, 6) is 0.647. The van der Waals surface area contributed by atoms with Gasteiger partial charge in [0.1, 0.15) is 5.76 Å². The average molecular weight is 362 g/mol. The second-order valence-electron chi connectivity index (χ2n) is 6.68. The SMILES string of the molecule is Cc1noc(C)c1CN(C)C(=O)c1cc(N2CCCCC2)ccc1Cl. The van der Waals surface area contributed by atoms with Crippen molar-refractivity contribution in [3.05, 3.63) is 45.8 Å². The van der Waals surface area contributed by atoms with E-state index in [1.54, 1.807) is 11.9 Å². The van der Waals surface area contributed by atoms with Gasteiger partial charge in [-0.2, -0.15) is 0 Å². The minimum atomic E-state index is -0.0936. The molecule has 2 aromatic rings. The van der Waals surface area contributed by atoms with E-state index in [-0.39, 0.29) is 5.91 Å². The van der Waals surface area contributed by atoms with E-state index in [0.717, 1.165) is 35.8 Å². The molecule has 2 heterocycles. The van der Waals surface area contributed by atoms with Crippen molar-refractivity contribution < 1.29 is 9.32 Å². The van der Waals surface area contributed by atoms with Crippen LogP contribution in [0.5, 0.6) is 0 Å². The number of aromatic nitrogens is 1. The van der Waals surface area contributed by atoms with Crippen LogP contribution in [0.4, 0.5) is 5.69 Å². The van der Waals surface area contributed by atoms with E-state index in [2.05, 4.69) is 10.1 Å². The van der Waals surface area contributed by atoms with Crippen molar-refractivity contribution in [2.24, 2.45) is 0 Å². The van der Waals surface area contributed by atoms with Crippen LogP contribution in [0.15, 0.2) is 22.7 Å². The normalized spacial score (nSPS) is 14.6. The number of aryl methyl sites for hydroxylation is 2. The number of benzene rings is 1. The van der Waals surface area contributed by atoms with E-state index in [9.17, 15) is 4.79 Å². The number of hydrogen-bond acceptors (Lipinski definition) is 4. The van der Waals surface area contributed by atoms with Gasteiger partial charge in [0, 0.05) is 31.4 Å². The molecule has 0 aliphatic carbocycles. The summed E-state index contributed by atoms with van der Waals surface area (Å²) in [4.78, 5) is 16.9. The van der Waals surface area contributed by atoms with Gasteiger partial charge in [0.05, 0.1) is 22.8 Å². The molecule has 25 heavy (non-hydrogen) atoms. The molecule has 0 atom stereocenters. The molecular formula is C19H24ClN3O2. The first-order valence-electron chi connectivity index (χ1n) is 8.69. The molecule has 1 amide bonds. The van der Waals surface area contributed by atoms with Crippen molar-refractivity contribution in [1.29, 1.82) is 0 Å². The molecule has 1 aromatic heterocycles. The van der Waals surface area contributed by atoms with E-state index in [1.807, 2.05) is 32.0 Å². The van der Waals surface area contributed by atoms with Gasteiger partial charge in [-0.1, -0.05) is 16.8 Å². The highest BCUT2D eigenvalue weighted by atomic mass is 35.5. The number of rotatable bonds is 4. The predicted molar refractivity (Wildman–Crippen MR) is 99.3 cm³/mol. The molecule has 1 aliphatic rings. The first-order valence-corrected chi connectivity index (χ1v) is 9.07. The molecule has 0 N–H and O–H groups in total. The number of piperidine rings is 1. The minimum Gasteiger partial charge on any atom is -0.372 e. The zero-order valence-corrected chi connectivity index (χ0v) is 15.8.